The summed E-state index contributed by atoms with van der Waals surface area (Å²) in [6.45, 7) is 2.24. The molecule has 0 saturated heterocycles. The van der Waals surface area contributed by atoms with E-state index in [1.807, 2.05) is 11.8 Å². The topological polar surface area (TPSA) is 0 Å². The van der Waals surface area contributed by atoms with Crippen LogP contribution in [0.1, 0.15) is 26.2 Å². The summed E-state index contributed by atoms with van der Waals surface area (Å²) < 4.78 is 0. The molecule has 0 radical (unpaired) electrons. The van der Waals surface area contributed by atoms with Gasteiger partial charge in [-0.15, -0.1) is 12.4 Å². The molecule has 0 fully saturated rings. The van der Waals surface area contributed by atoms with Crippen LogP contribution in [0.3, 0.4) is 0 Å². The zero-order valence-electron chi connectivity index (χ0n) is 6.51. The van der Waals surface area contributed by atoms with E-state index in [0.29, 0.717) is 0 Å². The fourth-order valence-electron chi connectivity index (χ4n) is 0.621. The van der Waals surface area contributed by atoms with Crippen molar-refractivity contribution >= 4 is 36.8 Å². The number of rotatable bonds is 6. The quantitative estimate of drug-likeness (QED) is 0.508. The van der Waals surface area contributed by atoms with Crippen LogP contribution in [0, 0.1) is 0 Å². The highest BCUT2D eigenvalue weighted by molar-refractivity contribution is 7.99. The van der Waals surface area contributed by atoms with E-state index in [1.54, 1.807) is 0 Å². The predicted octanol–water partition coefficient (Wildman–Crippen LogP) is 3.26. The van der Waals surface area contributed by atoms with Crippen LogP contribution in [0.4, 0.5) is 0 Å². The van der Waals surface area contributed by atoms with Gasteiger partial charge in [0.05, 0.1) is 0 Å². The van der Waals surface area contributed by atoms with Crippen molar-refractivity contribution in [2.24, 2.45) is 0 Å². The summed E-state index contributed by atoms with van der Waals surface area (Å²) in [5, 5.41) is 0. The number of hydrogen-bond acceptors (Lipinski definition) is 2. The van der Waals surface area contributed by atoms with E-state index in [4.69, 9.17) is 0 Å². The number of thiol groups is 1. The average molecular weight is 201 g/mol. The molecule has 0 amide bonds. The Morgan fingerprint density at radius 1 is 1.20 bits per heavy atom. The highest BCUT2D eigenvalue weighted by atomic mass is 35.5. The Labute approximate surface area is 80.4 Å². The molecule has 0 bridgehead atoms. The summed E-state index contributed by atoms with van der Waals surface area (Å²) in [6.07, 6.45) is 4.11. The molecule has 0 aromatic rings. The van der Waals surface area contributed by atoms with Crippen LogP contribution < -0.4 is 0 Å². The molecule has 0 saturated carbocycles. The van der Waals surface area contributed by atoms with Gasteiger partial charge in [0.2, 0.25) is 0 Å². The van der Waals surface area contributed by atoms with Gasteiger partial charge in [0, 0.05) is 5.75 Å². The van der Waals surface area contributed by atoms with Gasteiger partial charge >= 0.3 is 0 Å². The summed E-state index contributed by atoms with van der Waals surface area (Å²) >= 11 is 6.14. The molecule has 0 rings (SSSR count). The van der Waals surface area contributed by atoms with Crippen molar-refractivity contribution < 1.29 is 0 Å². The first-order valence-corrected chi connectivity index (χ1v) is 5.39. The fourth-order valence-corrected chi connectivity index (χ4v) is 1.75. The van der Waals surface area contributed by atoms with Crippen LogP contribution >= 0.6 is 36.8 Å². The molecule has 0 nitrogen and oxygen atoms in total. The van der Waals surface area contributed by atoms with Crippen molar-refractivity contribution in [3.8, 4) is 0 Å². The van der Waals surface area contributed by atoms with E-state index in [1.165, 1.54) is 30.8 Å². The molecule has 64 valence electrons. The van der Waals surface area contributed by atoms with Gasteiger partial charge in [-0.1, -0.05) is 19.8 Å². The Hall–Kier alpha value is 0.990. The zero-order valence-corrected chi connectivity index (χ0v) is 9.03. The van der Waals surface area contributed by atoms with Crippen molar-refractivity contribution in [1.29, 1.82) is 0 Å². The number of thioether (sulfide) groups is 1. The molecule has 10 heavy (non-hydrogen) atoms. The summed E-state index contributed by atoms with van der Waals surface area (Å²) in [7, 11) is 0. The minimum absolute atomic E-state index is 0. The molecule has 0 aliphatic heterocycles. The van der Waals surface area contributed by atoms with Gasteiger partial charge in [-0.2, -0.15) is 24.4 Å². The third-order valence-electron chi connectivity index (χ3n) is 1.13. The van der Waals surface area contributed by atoms with Gasteiger partial charge in [-0.25, -0.2) is 0 Å². The fraction of sp³-hybridized carbons (Fsp3) is 1.00. The molecule has 0 unspecified atom stereocenters. The molecular weight excluding hydrogens is 184 g/mol. The van der Waals surface area contributed by atoms with Gasteiger partial charge in [0.25, 0.3) is 0 Å². The van der Waals surface area contributed by atoms with Gasteiger partial charge in [0.1, 0.15) is 0 Å². The lowest BCUT2D eigenvalue weighted by Crippen LogP contribution is -1.83. The Kier molecular flexibility index (Phi) is 17.2. The van der Waals surface area contributed by atoms with E-state index in [0.717, 1.165) is 5.75 Å². The molecule has 0 N–H and O–H groups in total. The van der Waals surface area contributed by atoms with Crippen molar-refractivity contribution in [1.82, 2.24) is 0 Å². The van der Waals surface area contributed by atoms with Crippen molar-refractivity contribution in [3.05, 3.63) is 0 Å². The summed E-state index contributed by atoms with van der Waals surface area (Å²) in [5.41, 5.74) is 0. The minimum atomic E-state index is 0. The monoisotopic (exact) mass is 200 g/mol. The van der Waals surface area contributed by atoms with Gasteiger partial charge in [0.15, 0.2) is 0 Å². The lowest BCUT2D eigenvalue weighted by atomic mass is 10.3. The molecule has 3 heteroatoms. The van der Waals surface area contributed by atoms with E-state index in [9.17, 15) is 0 Å². The van der Waals surface area contributed by atoms with E-state index in [2.05, 4.69) is 19.6 Å². The van der Waals surface area contributed by atoms with Crippen molar-refractivity contribution in [2.75, 3.05) is 17.3 Å². The first-order valence-electron chi connectivity index (χ1n) is 3.60. The maximum atomic E-state index is 4.12. The first kappa shape index (κ1) is 13.6. The lowest BCUT2D eigenvalue weighted by molar-refractivity contribution is 0.779. The number of halogens is 1. The second-order valence-electron chi connectivity index (χ2n) is 2.04. The van der Waals surface area contributed by atoms with Crippen LogP contribution in [0.15, 0.2) is 0 Å². The third-order valence-corrected chi connectivity index (χ3v) is 2.72. The Balaban J connectivity index is 0. The van der Waals surface area contributed by atoms with Crippen LogP contribution in [-0.4, -0.2) is 17.3 Å². The van der Waals surface area contributed by atoms with E-state index in [-0.39, 0.29) is 12.4 Å². The van der Waals surface area contributed by atoms with Gasteiger partial charge in [-0.3, -0.25) is 0 Å². The molecule has 0 aromatic carbocycles. The van der Waals surface area contributed by atoms with Crippen molar-refractivity contribution in [2.45, 2.75) is 26.2 Å². The van der Waals surface area contributed by atoms with Crippen LogP contribution in [-0.2, 0) is 0 Å². The van der Waals surface area contributed by atoms with Gasteiger partial charge in [-0.05, 0) is 17.9 Å². The zero-order chi connectivity index (χ0) is 6.95. The second-order valence-corrected chi connectivity index (χ2v) is 3.72. The second kappa shape index (κ2) is 12.6. The minimum Gasteiger partial charge on any atom is -0.179 e. The normalized spacial score (nSPS) is 9.00. The number of hydrogen-bond donors (Lipinski definition) is 1. The maximum absolute atomic E-state index is 4.12. The predicted molar refractivity (Wildman–Crippen MR) is 58.0 cm³/mol. The number of unbranched alkanes of at least 4 members (excludes halogenated alkanes) is 2. The highest BCUT2D eigenvalue weighted by Crippen LogP contribution is 2.05. The van der Waals surface area contributed by atoms with Crippen molar-refractivity contribution in [3.63, 3.8) is 0 Å². The largest absolute Gasteiger partial charge is 0.179 e. The lowest BCUT2D eigenvalue weighted by Gasteiger charge is -1.96. The molecule has 0 aromatic heterocycles. The molecule has 0 atom stereocenters. The van der Waals surface area contributed by atoms with Crippen LogP contribution in [0.5, 0.6) is 0 Å². The summed E-state index contributed by atoms with van der Waals surface area (Å²) in [6, 6.07) is 0. The van der Waals surface area contributed by atoms with Crippen LogP contribution in [0.25, 0.3) is 0 Å². The smallest absolute Gasteiger partial charge is 0.00210 e. The van der Waals surface area contributed by atoms with Gasteiger partial charge < -0.3 is 0 Å². The Morgan fingerprint density at radius 2 is 1.90 bits per heavy atom. The Morgan fingerprint density at radius 3 is 2.40 bits per heavy atom. The SMILES string of the molecule is CCCCCSCCS.Cl. The molecular formula is C7H17ClS2. The highest BCUT2D eigenvalue weighted by Gasteiger charge is 1.85. The molecule has 0 aliphatic rings. The standard InChI is InChI=1S/C7H16S2.ClH/c1-2-3-4-6-9-7-5-8;/h8H,2-7H2,1H3;1H. The Bertz CT molecular complexity index is 44.9. The summed E-state index contributed by atoms with van der Waals surface area (Å²) in [5.74, 6) is 3.57. The first-order chi connectivity index (χ1) is 4.41. The van der Waals surface area contributed by atoms with Crippen LogP contribution in [0.2, 0.25) is 0 Å². The average Bonchev–Trinajstić information content (AvgIpc) is 1.89. The third kappa shape index (κ3) is 11.7. The molecule has 0 spiro atoms. The van der Waals surface area contributed by atoms with E-state index >= 15 is 0 Å². The molecule has 0 heterocycles. The summed E-state index contributed by atoms with van der Waals surface area (Å²) in [4.78, 5) is 0. The maximum Gasteiger partial charge on any atom is 0.00210 e. The van der Waals surface area contributed by atoms with E-state index < -0.39 is 0 Å². The molecule has 0 aliphatic carbocycles.